The summed E-state index contributed by atoms with van der Waals surface area (Å²) in [6.07, 6.45) is 8.70. The lowest BCUT2D eigenvalue weighted by Gasteiger charge is -2.16. The summed E-state index contributed by atoms with van der Waals surface area (Å²) in [6, 6.07) is 21.0. The maximum absolute atomic E-state index is 5.12. The first-order chi connectivity index (χ1) is 13.4. The van der Waals surface area contributed by atoms with Crippen molar-refractivity contribution < 1.29 is 0 Å². The van der Waals surface area contributed by atoms with Crippen molar-refractivity contribution >= 4 is 33.7 Å². The van der Waals surface area contributed by atoms with Gasteiger partial charge in [0.15, 0.2) is 0 Å². The van der Waals surface area contributed by atoms with Crippen molar-refractivity contribution in [2.24, 2.45) is 0 Å². The third kappa shape index (κ3) is 2.08. The van der Waals surface area contributed by atoms with Gasteiger partial charge in [-0.3, -0.25) is 4.40 Å². The Hall–Kier alpha value is -3.46. The van der Waals surface area contributed by atoms with Gasteiger partial charge in [0.25, 0.3) is 0 Å². The summed E-state index contributed by atoms with van der Waals surface area (Å²) in [5.41, 5.74) is 8.99. The number of aromatic nitrogens is 3. The lowest BCUT2D eigenvalue weighted by molar-refractivity contribution is 0.986. The topological polar surface area (TPSA) is 30.2 Å². The molecule has 27 heavy (non-hydrogen) atoms. The third-order valence-corrected chi connectivity index (χ3v) is 5.47. The Morgan fingerprint density at radius 2 is 1.78 bits per heavy atom. The number of fused-ring (bicyclic) bond motifs is 6. The number of benzene rings is 2. The fourth-order valence-electron chi connectivity index (χ4n) is 4.24. The van der Waals surface area contributed by atoms with Crippen molar-refractivity contribution in [1.29, 1.82) is 0 Å². The number of rotatable bonds is 1. The van der Waals surface area contributed by atoms with Crippen molar-refractivity contribution in [2.75, 3.05) is 0 Å². The molecule has 1 aliphatic rings. The van der Waals surface area contributed by atoms with Crippen LogP contribution in [-0.2, 0) is 6.42 Å². The van der Waals surface area contributed by atoms with Crippen LogP contribution in [0.15, 0.2) is 72.9 Å². The first kappa shape index (κ1) is 14.7. The lowest BCUT2D eigenvalue weighted by Crippen LogP contribution is -2.00. The van der Waals surface area contributed by atoms with Gasteiger partial charge in [0.05, 0.1) is 16.7 Å². The van der Waals surface area contributed by atoms with Gasteiger partial charge in [-0.05, 0) is 42.2 Å². The molecule has 0 bridgehead atoms. The number of para-hydroxylation sites is 1. The highest BCUT2D eigenvalue weighted by molar-refractivity contribution is 6.09. The van der Waals surface area contributed by atoms with Crippen molar-refractivity contribution in [1.82, 2.24) is 14.4 Å². The minimum Gasteiger partial charge on any atom is -0.298 e. The highest BCUT2D eigenvalue weighted by Crippen LogP contribution is 2.36. The SMILES string of the molecule is C1=Cc2cccc(-c3nc4ccccc4c4nc5ccccn5c34)c2CC1. The Kier molecular flexibility index (Phi) is 3.00. The Bertz CT molecular complexity index is 1380. The minimum atomic E-state index is 0.955. The molecular weight excluding hydrogens is 330 g/mol. The number of hydrogen-bond donors (Lipinski definition) is 0. The maximum atomic E-state index is 5.12. The van der Waals surface area contributed by atoms with Gasteiger partial charge in [-0.25, -0.2) is 9.97 Å². The molecule has 0 aliphatic heterocycles. The summed E-state index contributed by atoms with van der Waals surface area (Å²) in [7, 11) is 0. The fraction of sp³-hybridized carbons (Fsp3) is 0.0833. The van der Waals surface area contributed by atoms with Crippen LogP contribution in [0, 0.1) is 0 Å². The van der Waals surface area contributed by atoms with Crippen LogP contribution in [-0.4, -0.2) is 14.4 Å². The number of allylic oxidation sites excluding steroid dienone is 1. The summed E-state index contributed by atoms with van der Waals surface area (Å²) in [5, 5.41) is 1.10. The molecule has 0 unspecified atom stereocenters. The molecule has 0 N–H and O–H groups in total. The van der Waals surface area contributed by atoms with Gasteiger partial charge in [-0.1, -0.05) is 54.6 Å². The maximum Gasteiger partial charge on any atom is 0.137 e. The van der Waals surface area contributed by atoms with Gasteiger partial charge in [-0.2, -0.15) is 0 Å². The van der Waals surface area contributed by atoms with Crippen LogP contribution in [0.2, 0.25) is 0 Å². The molecule has 0 saturated heterocycles. The van der Waals surface area contributed by atoms with E-state index in [4.69, 9.17) is 9.97 Å². The normalized spacial score (nSPS) is 13.5. The lowest BCUT2D eigenvalue weighted by atomic mass is 9.90. The van der Waals surface area contributed by atoms with E-state index in [1.165, 1.54) is 16.7 Å². The molecule has 3 heterocycles. The van der Waals surface area contributed by atoms with E-state index in [2.05, 4.69) is 71.3 Å². The van der Waals surface area contributed by atoms with Crippen molar-refractivity contribution in [2.45, 2.75) is 12.8 Å². The van der Waals surface area contributed by atoms with E-state index in [1.54, 1.807) is 0 Å². The molecule has 1 aliphatic carbocycles. The van der Waals surface area contributed by atoms with Crippen LogP contribution < -0.4 is 0 Å². The monoisotopic (exact) mass is 347 g/mol. The number of hydrogen-bond acceptors (Lipinski definition) is 2. The summed E-state index contributed by atoms with van der Waals surface area (Å²) in [5.74, 6) is 0. The van der Waals surface area contributed by atoms with Crippen LogP contribution in [0.1, 0.15) is 17.5 Å². The van der Waals surface area contributed by atoms with Crippen LogP contribution in [0.5, 0.6) is 0 Å². The largest absolute Gasteiger partial charge is 0.298 e. The molecule has 0 atom stereocenters. The predicted molar refractivity (Wildman–Crippen MR) is 111 cm³/mol. The molecule has 3 nitrogen and oxygen atoms in total. The zero-order valence-corrected chi connectivity index (χ0v) is 14.8. The molecule has 2 aromatic carbocycles. The smallest absolute Gasteiger partial charge is 0.137 e. The number of pyridine rings is 2. The van der Waals surface area contributed by atoms with E-state index in [9.17, 15) is 0 Å². The van der Waals surface area contributed by atoms with E-state index in [-0.39, 0.29) is 0 Å². The summed E-state index contributed by atoms with van der Waals surface area (Å²) >= 11 is 0. The van der Waals surface area contributed by atoms with Crippen molar-refractivity contribution in [3.05, 3.63) is 84.1 Å². The average molecular weight is 347 g/mol. The molecule has 128 valence electrons. The second-order valence-corrected chi connectivity index (χ2v) is 7.03. The van der Waals surface area contributed by atoms with E-state index >= 15 is 0 Å². The molecule has 0 amide bonds. The third-order valence-electron chi connectivity index (χ3n) is 5.47. The van der Waals surface area contributed by atoms with Gasteiger partial charge in [0.2, 0.25) is 0 Å². The van der Waals surface area contributed by atoms with Crippen LogP contribution in [0.25, 0.3) is 44.9 Å². The molecule has 6 rings (SSSR count). The molecule has 3 aromatic heterocycles. The van der Waals surface area contributed by atoms with E-state index < -0.39 is 0 Å². The second-order valence-electron chi connectivity index (χ2n) is 7.03. The molecule has 0 fully saturated rings. The average Bonchev–Trinajstić information content (AvgIpc) is 3.13. The standard InChI is InChI=1S/C24H17N3/c1-2-10-17-16(8-1)9-7-12-18(17)22-24-23(19-11-3-4-13-20(19)25-22)26-21-14-5-6-15-27(21)24/h1,3-9,11-15H,2,10H2. The first-order valence-electron chi connectivity index (χ1n) is 9.34. The Labute approximate surface area is 156 Å². The van der Waals surface area contributed by atoms with E-state index in [0.29, 0.717) is 0 Å². The quantitative estimate of drug-likeness (QED) is 0.391. The van der Waals surface area contributed by atoms with Crippen molar-refractivity contribution in [3.63, 3.8) is 0 Å². The number of nitrogens with zero attached hydrogens (tertiary/aromatic N) is 3. The summed E-state index contributed by atoms with van der Waals surface area (Å²) < 4.78 is 2.17. The van der Waals surface area contributed by atoms with Gasteiger partial charge < -0.3 is 0 Å². The fourth-order valence-corrected chi connectivity index (χ4v) is 4.24. The van der Waals surface area contributed by atoms with E-state index in [0.717, 1.165) is 46.1 Å². The van der Waals surface area contributed by atoms with Crippen LogP contribution >= 0.6 is 0 Å². The minimum absolute atomic E-state index is 0.955. The first-order valence-corrected chi connectivity index (χ1v) is 9.34. The number of imidazole rings is 1. The van der Waals surface area contributed by atoms with Crippen LogP contribution in [0.4, 0.5) is 0 Å². The van der Waals surface area contributed by atoms with E-state index in [1.807, 2.05) is 12.1 Å². The summed E-state index contributed by atoms with van der Waals surface area (Å²) in [4.78, 5) is 10.1. The Morgan fingerprint density at radius 1 is 0.852 bits per heavy atom. The molecule has 3 heteroatoms. The highest BCUT2D eigenvalue weighted by atomic mass is 15.0. The molecule has 0 radical (unpaired) electrons. The molecular formula is C24H17N3. The van der Waals surface area contributed by atoms with Gasteiger partial charge in [-0.15, -0.1) is 0 Å². The highest BCUT2D eigenvalue weighted by Gasteiger charge is 2.19. The van der Waals surface area contributed by atoms with Crippen LogP contribution in [0.3, 0.4) is 0 Å². The predicted octanol–water partition coefficient (Wildman–Crippen LogP) is 5.66. The molecule has 0 spiro atoms. The van der Waals surface area contributed by atoms with Gasteiger partial charge in [0, 0.05) is 17.1 Å². The second kappa shape index (κ2) is 5.52. The zero-order chi connectivity index (χ0) is 17.8. The summed E-state index contributed by atoms with van der Waals surface area (Å²) in [6.45, 7) is 0. The van der Waals surface area contributed by atoms with Gasteiger partial charge in [0.1, 0.15) is 11.2 Å². The van der Waals surface area contributed by atoms with Crippen molar-refractivity contribution in [3.8, 4) is 11.3 Å². The molecule has 0 saturated carbocycles. The zero-order valence-electron chi connectivity index (χ0n) is 14.8. The Balaban J connectivity index is 1.83. The Morgan fingerprint density at radius 3 is 2.78 bits per heavy atom. The molecule has 5 aromatic rings. The van der Waals surface area contributed by atoms with Gasteiger partial charge >= 0.3 is 0 Å².